The predicted molar refractivity (Wildman–Crippen MR) is 87.4 cm³/mol. The summed E-state index contributed by atoms with van der Waals surface area (Å²) in [6.45, 7) is 4.91. The molecule has 6 heteroatoms. The van der Waals surface area contributed by atoms with Gasteiger partial charge in [0, 0.05) is 23.1 Å². The van der Waals surface area contributed by atoms with Crippen LogP contribution in [0.1, 0.15) is 25.3 Å². The van der Waals surface area contributed by atoms with Gasteiger partial charge in [-0.1, -0.05) is 29.3 Å². The zero-order chi connectivity index (χ0) is 15.7. The molecule has 1 heterocycles. The normalized spacial score (nSPS) is 22.1. The summed E-state index contributed by atoms with van der Waals surface area (Å²) in [6.07, 6.45) is 1.83. The Hall–Kier alpha value is -0.810. The lowest BCUT2D eigenvalue weighted by molar-refractivity contribution is -0.128. The van der Waals surface area contributed by atoms with E-state index >= 15 is 0 Å². The Kier molecular flexibility index (Phi) is 4.64. The number of nitrogens with zero attached hydrogens (tertiary/aromatic N) is 1. The zero-order valence-corrected chi connectivity index (χ0v) is 14.1. The Morgan fingerprint density at radius 3 is 2.59 bits per heavy atom. The average molecular weight is 343 g/mol. The lowest BCUT2D eigenvalue weighted by Gasteiger charge is -2.32. The second-order valence-electron chi connectivity index (χ2n) is 6.02. The van der Waals surface area contributed by atoms with E-state index in [1.165, 1.54) is 0 Å². The number of carbonyl (C=O) groups excluding carboxylic acids is 1. The Labute approximate surface area is 140 Å². The van der Waals surface area contributed by atoms with E-state index in [0.717, 1.165) is 31.5 Å². The number of rotatable bonds is 4. The lowest BCUT2D eigenvalue weighted by atomic mass is 10.0. The third-order valence-electron chi connectivity index (χ3n) is 4.53. The van der Waals surface area contributed by atoms with Gasteiger partial charge in [0.2, 0.25) is 5.91 Å². The predicted octanol–water partition coefficient (Wildman–Crippen LogP) is 2.82. The topological polar surface area (TPSA) is 41.6 Å². The molecule has 22 heavy (non-hydrogen) atoms. The van der Waals surface area contributed by atoms with E-state index in [1.807, 2.05) is 19.1 Å². The summed E-state index contributed by atoms with van der Waals surface area (Å²) >= 11 is 12.3. The molecule has 1 atom stereocenters. The third-order valence-corrected chi connectivity index (χ3v) is 5.08. The van der Waals surface area contributed by atoms with E-state index in [2.05, 4.69) is 10.2 Å². The van der Waals surface area contributed by atoms with Crippen molar-refractivity contribution in [1.82, 2.24) is 10.2 Å². The van der Waals surface area contributed by atoms with Gasteiger partial charge in [-0.3, -0.25) is 9.69 Å². The van der Waals surface area contributed by atoms with Crippen LogP contribution in [-0.4, -0.2) is 43.2 Å². The molecule has 0 bridgehead atoms. The second-order valence-corrected chi connectivity index (χ2v) is 6.86. The minimum atomic E-state index is -0.320. The fourth-order valence-corrected chi connectivity index (χ4v) is 3.52. The molecule has 2 aliphatic rings. The first-order valence-electron chi connectivity index (χ1n) is 7.61. The summed E-state index contributed by atoms with van der Waals surface area (Å²) in [6, 6.07) is 5.31. The van der Waals surface area contributed by atoms with Gasteiger partial charge >= 0.3 is 0 Å². The van der Waals surface area contributed by atoms with E-state index in [-0.39, 0.29) is 17.5 Å². The molecular formula is C16H20Cl2N2O2. The van der Waals surface area contributed by atoms with Crippen LogP contribution in [0, 0.1) is 0 Å². The van der Waals surface area contributed by atoms with Crippen LogP contribution >= 0.6 is 23.2 Å². The maximum Gasteiger partial charge on any atom is 0.237 e. The number of nitrogens with one attached hydrogen (secondary N) is 1. The van der Waals surface area contributed by atoms with E-state index in [9.17, 15) is 4.79 Å². The van der Waals surface area contributed by atoms with Crippen molar-refractivity contribution < 1.29 is 9.53 Å². The van der Waals surface area contributed by atoms with E-state index in [1.54, 1.807) is 6.07 Å². The SMILES string of the molecule is CC(C(=O)NC1(c2ccc(Cl)cc2Cl)CC1)N1CCOCC1. The van der Waals surface area contributed by atoms with Crippen LogP contribution in [0.25, 0.3) is 0 Å². The van der Waals surface area contributed by atoms with Crippen LogP contribution < -0.4 is 5.32 Å². The molecule has 0 radical (unpaired) electrons. The highest BCUT2D eigenvalue weighted by atomic mass is 35.5. The van der Waals surface area contributed by atoms with Crippen molar-refractivity contribution in [3.8, 4) is 0 Å². The second kappa shape index (κ2) is 6.36. The van der Waals surface area contributed by atoms with E-state index < -0.39 is 0 Å². The first-order chi connectivity index (χ1) is 10.5. The number of benzene rings is 1. The minimum absolute atomic E-state index is 0.0467. The van der Waals surface area contributed by atoms with Gasteiger partial charge in [-0.05, 0) is 37.5 Å². The first kappa shape index (κ1) is 16.1. The number of carbonyl (C=O) groups is 1. The standard InChI is InChI=1S/C16H20Cl2N2O2/c1-11(20-6-8-22-9-7-20)15(21)19-16(4-5-16)13-3-2-12(17)10-14(13)18/h2-3,10-11H,4-9H2,1H3,(H,19,21). The van der Waals surface area contributed by atoms with Crippen LogP contribution in [0.5, 0.6) is 0 Å². The summed E-state index contributed by atoms with van der Waals surface area (Å²) in [5, 5.41) is 4.42. The number of ether oxygens (including phenoxy) is 1. The molecular weight excluding hydrogens is 323 g/mol. The number of halogens is 2. The van der Waals surface area contributed by atoms with Crippen LogP contribution in [-0.2, 0) is 15.1 Å². The van der Waals surface area contributed by atoms with Crippen LogP contribution in [0.15, 0.2) is 18.2 Å². The van der Waals surface area contributed by atoms with Crippen LogP contribution in [0.3, 0.4) is 0 Å². The van der Waals surface area contributed by atoms with Crippen molar-refractivity contribution in [2.45, 2.75) is 31.3 Å². The highest BCUT2D eigenvalue weighted by Crippen LogP contribution is 2.48. The molecule has 3 rings (SSSR count). The molecule has 1 saturated heterocycles. The van der Waals surface area contributed by atoms with Crippen molar-refractivity contribution in [2.24, 2.45) is 0 Å². The Morgan fingerprint density at radius 2 is 2.00 bits per heavy atom. The molecule has 1 aromatic rings. The Morgan fingerprint density at radius 1 is 1.32 bits per heavy atom. The summed E-state index contributed by atoms with van der Waals surface area (Å²) < 4.78 is 5.34. The van der Waals surface area contributed by atoms with Gasteiger partial charge in [0.25, 0.3) is 0 Å². The largest absolute Gasteiger partial charge is 0.379 e. The number of hydrogen-bond donors (Lipinski definition) is 1. The van der Waals surface area contributed by atoms with Gasteiger partial charge in [0.15, 0.2) is 0 Å². The van der Waals surface area contributed by atoms with Gasteiger partial charge in [0.1, 0.15) is 0 Å². The number of amides is 1. The van der Waals surface area contributed by atoms with Crippen LogP contribution in [0.4, 0.5) is 0 Å². The van der Waals surface area contributed by atoms with E-state index in [0.29, 0.717) is 23.3 Å². The van der Waals surface area contributed by atoms with Crippen molar-refractivity contribution in [3.63, 3.8) is 0 Å². The number of hydrogen-bond acceptors (Lipinski definition) is 3. The number of morpholine rings is 1. The van der Waals surface area contributed by atoms with Crippen molar-refractivity contribution >= 4 is 29.1 Å². The zero-order valence-electron chi connectivity index (χ0n) is 12.6. The monoisotopic (exact) mass is 342 g/mol. The molecule has 1 saturated carbocycles. The molecule has 1 unspecified atom stereocenters. The molecule has 2 fully saturated rings. The van der Waals surface area contributed by atoms with Gasteiger partial charge in [-0.2, -0.15) is 0 Å². The summed E-state index contributed by atoms with van der Waals surface area (Å²) in [5.74, 6) is 0.0467. The summed E-state index contributed by atoms with van der Waals surface area (Å²) in [5.41, 5.74) is 0.639. The molecule has 1 N–H and O–H groups in total. The quantitative estimate of drug-likeness (QED) is 0.914. The van der Waals surface area contributed by atoms with Crippen molar-refractivity contribution in [3.05, 3.63) is 33.8 Å². The Bertz CT molecular complexity index is 569. The average Bonchev–Trinajstić information content (AvgIpc) is 3.27. The van der Waals surface area contributed by atoms with Gasteiger partial charge in [-0.15, -0.1) is 0 Å². The molecule has 1 aromatic carbocycles. The van der Waals surface area contributed by atoms with Crippen molar-refractivity contribution in [2.75, 3.05) is 26.3 Å². The maximum atomic E-state index is 12.6. The van der Waals surface area contributed by atoms with Gasteiger partial charge in [0.05, 0.1) is 24.8 Å². The van der Waals surface area contributed by atoms with Crippen LogP contribution in [0.2, 0.25) is 10.0 Å². The highest BCUT2D eigenvalue weighted by Gasteiger charge is 2.47. The minimum Gasteiger partial charge on any atom is -0.379 e. The van der Waals surface area contributed by atoms with E-state index in [4.69, 9.17) is 27.9 Å². The molecule has 1 aliphatic heterocycles. The van der Waals surface area contributed by atoms with Gasteiger partial charge in [-0.25, -0.2) is 0 Å². The molecule has 0 spiro atoms. The molecule has 1 amide bonds. The maximum absolute atomic E-state index is 12.6. The molecule has 4 nitrogen and oxygen atoms in total. The highest BCUT2D eigenvalue weighted by molar-refractivity contribution is 6.35. The summed E-state index contributed by atoms with van der Waals surface area (Å²) in [4.78, 5) is 14.7. The van der Waals surface area contributed by atoms with Gasteiger partial charge < -0.3 is 10.1 Å². The fourth-order valence-electron chi connectivity index (χ4n) is 2.94. The molecule has 0 aromatic heterocycles. The fraction of sp³-hybridized carbons (Fsp3) is 0.562. The third kappa shape index (κ3) is 3.25. The van der Waals surface area contributed by atoms with Crippen molar-refractivity contribution in [1.29, 1.82) is 0 Å². The summed E-state index contributed by atoms with van der Waals surface area (Å²) in [7, 11) is 0. The lowest BCUT2D eigenvalue weighted by Crippen LogP contribution is -2.51. The molecule has 120 valence electrons. The Balaban J connectivity index is 1.70. The molecule has 1 aliphatic carbocycles. The smallest absolute Gasteiger partial charge is 0.237 e. The first-order valence-corrected chi connectivity index (χ1v) is 8.37.